The second kappa shape index (κ2) is 4.35. The molecule has 0 fully saturated rings. The molecule has 2 rings (SSSR count). The van der Waals surface area contributed by atoms with Crippen LogP contribution in [-0.4, -0.2) is 12.9 Å². The van der Waals surface area contributed by atoms with Gasteiger partial charge < -0.3 is 4.74 Å². The minimum absolute atomic E-state index is 0.166. The summed E-state index contributed by atoms with van der Waals surface area (Å²) in [6, 6.07) is 11.5. The molecule has 82 valence electrons. The van der Waals surface area contributed by atoms with Gasteiger partial charge in [-0.2, -0.15) is 0 Å². The van der Waals surface area contributed by atoms with Gasteiger partial charge in [0.15, 0.2) is 5.78 Å². The second-order valence-corrected chi connectivity index (χ2v) is 3.64. The molecular formula is C14H14O2. The van der Waals surface area contributed by atoms with E-state index in [-0.39, 0.29) is 5.78 Å². The van der Waals surface area contributed by atoms with Crippen molar-refractivity contribution in [3.63, 3.8) is 0 Å². The minimum Gasteiger partial charge on any atom is -0.496 e. The Hall–Kier alpha value is -1.83. The summed E-state index contributed by atoms with van der Waals surface area (Å²) in [5.41, 5.74) is 0.777. The maximum absolute atomic E-state index is 11.8. The Bertz CT molecular complexity index is 529. The highest BCUT2D eigenvalue weighted by Crippen LogP contribution is 2.28. The van der Waals surface area contributed by atoms with Gasteiger partial charge in [-0.25, -0.2) is 0 Å². The maximum atomic E-state index is 11.8. The third-order valence-electron chi connectivity index (χ3n) is 2.73. The average molecular weight is 214 g/mol. The molecule has 2 nitrogen and oxygen atoms in total. The number of hydrogen-bond donors (Lipinski definition) is 0. The SMILES string of the molecule is CCC(=O)c1ccc(OC)c2ccccc12. The molecule has 16 heavy (non-hydrogen) atoms. The predicted octanol–water partition coefficient (Wildman–Crippen LogP) is 3.44. The molecule has 0 spiro atoms. The van der Waals surface area contributed by atoms with Gasteiger partial charge in [0.05, 0.1) is 7.11 Å². The molecule has 0 aliphatic carbocycles. The molecule has 0 radical (unpaired) electrons. The number of benzene rings is 2. The predicted molar refractivity (Wildman–Crippen MR) is 65.1 cm³/mol. The zero-order valence-corrected chi connectivity index (χ0v) is 9.49. The normalized spacial score (nSPS) is 10.4. The number of ether oxygens (including phenoxy) is 1. The zero-order valence-electron chi connectivity index (χ0n) is 9.49. The lowest BCUT2D eigenvalue weighted by Crippen LogP contribution is -1.98. The van der Waals surface area contributed by atoms with Gasteiger partial charge in [-0.3, -0.25) is 4.79 Å². The highest BCUT2D eigenvalue weighted by atomic mass is 16.5. The van der Waals surface area contributed by atoms with E-state index < -0.39 is 0 Å². The summed E-state index contributed by atoms with van der Waals surface area (Å²) in [6.07, 6.45) is 0.524. The number of carbonyl (C=O) groups is 1. The fraction of sp³-hybridized carbons (Fsp3) is 0.214. The zero-order chi connectivity index (χ0) is 11.5. The van der Waals surface area contributed by atoms with Crippen LogP contribution in [0.2, 0.25) is 0 Å². The molecule has 0 aliphatic rings. The molecule has 0 saturated heterocycles. The van der Waals surface area contributed by atoms with Crippen LogP contribution in [0.15, 0.2) is 36.4 Å². The van der Waals surface area contributed by atoms with Crippen molar-refractivity contribution in [3.05, 3.63) is 42.0 Å². The molecule has 2 heteroatoms. The third kappa shape index (κ3) is 1.67. The molecule has 0 unspecified atom stereocenters. The van der Waals surface area contributed by atoms with Crippen LogP contribution in [0, 0.1) is 0 Å². The summed E-state index contributed by atoms with van der Waals surface area (Å²) >= 11 is 0. The van der Waals surface area contributed by atoms with Gasteiger partial charge in [-0.05, 0) is 17.5 Å². The van der Waals surface area contributed by atoms with Crippen LogP contribution in [-0.2, 0) is 0 Å². The Labute approximate surface area is 94.8 Å². The summed E-state index contributed by atoms with van der Waals surface area (Å²) < 4.78 is 5.28. The van der Waals surface area contributed by atoms with Gasteiger partial charge in [0.2, 0.25) is 0 Å². The largest absolute Gasteiger partial charge is 0.496 e. The van der Waals surface area contributed by atoms with Crippen molar-refractivity contribution in [2.45, 2.75) is 13.3 Å². The van der Waals surface area contributed by atoms with Crippen LogP contribution >= 0.6 is 0 Å². The topological polar surface area (TPSA) is 26.3 Å². The fourth-order valence-corrected chi connectivity index (χ4v) is 1.88. The van der Waals surface area contributed by atoms with Crippen LogP contribution < -0.4 is 4.74 Å². The van der Waals surface area contributed by atoms with Crippen LogP contribution in [0.3, 0.4) is 0 Å². The number of ketones is 1. The molecule has 0 amide bonds. The Morgan fingerprint density at radius 1 is 1.12 bits per heavy atom. The van der Waals surface area contributed by atoms with E-state index in [1.54, 1.807) is 7.11 Å². The first-order valence-corrected chi connectivity index (χ1v) is 5.37. The Morgan fingerprint density at radius 3 is 2.44 bits per heavy atom. The van der Waals surface area contributed by atoms with Crippen molar-refractivity contribution in [2.24, 2.45) is 0 Å². The molecule has 0 heterocycles. The van der Waals surface area contributed by atoms with Gasteiger partial charge >= 0.3 is 0 Å². The van der Waals surface area contributed by atoms with Crippen molar-refractivity contribution >= 4 is 16.6 Å². The first-order chi connectivity index (χ1) is 7.77. The van der Waals surface area contributed by atoms with Gasteiger partial charge in [-0.1, -0.05) is 31.2 Å². The lowest BCUT2D eigenvalue weighted by Gasteiger charge is -2.08. The van der Waals surface area contributed by atoms with Crippen LogP contribution in [0.25, 0.3) is 10.8 Å². The molecule has 0 atom stereocenters. The highest BCUT2D eigenvalue weighted by Gasteiger charge is 2.10. The van der Waals surface area contributed by atoms with E-state index in [2.05, 4.69) is 0 Å². The van der Waals surface area contributed by atoms with E-state index in [1.165, 1.54) is 0 Å². The summed E-state index contributed by atoms with van der Waals surface area (Å²) in [7, 11) is 1.64. The number of Topliss-reactive ketones (excluding diaryl/α,β-unsaturated/α-hetero) is 1. The van der Waals surface area contributed by atoms with E-state index in [9.17, 15) is 4.79 Å². The highest BCUT2D eigenvalue weighted by molar-refractivity contribution is 6.09. The first-order valence-electron chi connectivity index (χ1n) is 5.37. The van der Waals surface area contributed by atoms with Gasteiger partial charge in [0.25, 0.3) is 0 Å². The molecule has 2 aromatic carbocycles. The Morgan fingerprint density at radius 2 is 1.81 bits per heavy atom. The van der Waals surface area contributed by atoms with E-state index >= 15 is 0 Å². The van der Waals surface area contributed by atoms with E-state index in [0.717, 1.165) is 22.1 Å². The smallest absolute Gasteiger partial charge is 0.163 e. The van der Waals surface area contributed by atoms with Crippen LogP contribution in [0.4, 0.5) is 0 Å². The number of hydrogen-bond acceptors (Lipinski definition) is 2. The summed E-state index contributed by atoms with van der Waals surface area (Å²) in [5.74, 6) is 0.974. The molecule has 0 aromatic heterocycles. The lowest BCUT2D eigenvalue weighted by molar-refractivity contribution is 0.0990. The van der Waals surface area contributed by atoms with Crippen molar-refractivity contribution < 1.29 is 9.53 Å². The molecule has 0 aliphatic heterocycles. The van der Waals surface area contributed by atoms with Crippen LogP contribution in [0.1, 0.15) is 23.7 Å². The molecular weight excluding hydrogens is 200 g/mol. The summed E-state index contributed by atoms with van der Waals surface area (Å²) in [6.45, 7) is 1.88. The monoisotopic (exact) mass is 214 g/mol. The van der Waals surface area contributed by atoms with E-state index in [1.807, 2.05) is 43.3 Å². The van der Waals surface area contributed by atoms with Crippen molar-refractivity contribution in [1.29, 1.82) is 0 Å². The quantitative estimate of drug-likeness (QED) is 0.731. The second-order valence-electron chi connectivity index (χ2n) is 3.64. The van der Waals surface area contributed by atoms with Crippen LogP contribution in [0.5, 0.6) is 5.75 Å². The van der Waals surface area contributed by atoms with Crippen molar-refractivity contribution in [1.82, 2.24) is 0 Å². The van der Waals surface area contributed by atoms with Gasteiger partial charge in [0.1, 0.15) is 5.75 Å². The summed E-state index contributed by atoms with van der Waals surface area (Å²) in [4.78, 5) is 11.8. The van der Waals surface area contributed by atoms with Crippen molar-refractivity contribution in [3.8, 4) is 5.75 Å². The Kier molecular flexibility index (Phi) is 2.91. The molecule has 0 saturated carbocycles. The standard InChI is InChI=1S/C14H14O2/c1-3-13(15)11-8-9-14(16-2)12-7-5-4-6-10(11)12/h4-9H,3H2,1-2H3. The maximum Gasteiger partial charge on any atom is 0.163 e. The molecule has 0 N–H and O–H groups in total. The van der Waals surface area contributed by atoms with Crippen molar-refractivity contribution in [2.75, 3.05) is 7.11 Å². The number of methoxy groups -OCH3 is 1. The number of rotatable bonds is 3. The van der Waals surface area contributed by atoms with Gasteiger partial charge in [-0.15, -0.1) is 0 Å². The Balaban J connectivity index is 2.74. The van der Waals surface area contributed by atoms with E-state index in [4.69, 9.17) is 4.74 Å². The fourth-order valence-electron chi connectivity index (χ4n) is 1.88. The van der Waals surface area contributed by atoms with Gasteiger partial charge in [0, 0.05) is 17.4 Å². The molecule has 2 aromatic rings. The summed E-state index contributed by atoms with van der Waals surface area (Å²) in [5, 5.41) is 1.96. The van der Waals surface area contributed by atoms with E-state index in [0.29, 0.717) is 6.42 Å². The minimum atomic E-state index is 0.166. The number of carbonyl (C=O) groups excluding carboxylic acids is 1. The molecule has 0 bridgehead atoms. The lowest BCUT2D eigenvalue weighted by atomic mass is 9.99. The average Bonchev–Trinajstić information content (AvgIpc) is 2.36. The third-order valence-corrected chi connectivity index (χ3v) is 2.73. The first kappa shape index (κ1) is 10.7. The number of fused-ring (bicyclic) bond motifs is 1.